The van der Waals surface area contributed by atoms with E-state index in [0.717, 1.165) is 11.3 Å². The number of ether oxygens (including phenoxy) is 1. The van der Waals surface area contributed by atoms with Gasteiger partial charge in [0.15, 0.2) is 0 Å². The van der Waals surface area contributed by atoms with Crippen LogP contribution in [0.3, 0.4) is 0 Å². The molecule has 0 spiro atoms. The summed E-state index contributed by atoms with van der Waals surface area (Å²) in [6.45, 7) is 5.83. The molecule has 0 saturated carbocycles. The van der Waals surface area contributed by atoms with E-state index in [1.54, 1.807) is 25.3 Å². The molecule has 0 saturated heterocycles. The smallest absolute Gasteiger partial charge is 0.119 e. The average molecular weight is 168 g/mol. The fourth-order valence-corrected chi connectivity index (χ4v) is 0.755. The second kappa shape index (κ2) is 5.47. The molecular weight excluding hydrogens is 152 g/mol. The fraction of sp³-hybridized carbons (Fsp3) is 0.400. The van der Waals surface area contributed by atoms with E-state index in [9.17, 15) is 0 Å². The van der Waals surface area contributed by atoms with Gasteiger partial charge in [0.05, 0.1) is 7.11 Å². The number of aromatic hydroxyl groups is 1. The van der Waals surface area contributed by atoms with E-state index in [2.05, 4.69) is 0 Å². The van der Waals surface area contributed by atoms with E-state index in [4.69, 9.17) is 9.84 Å². The Morgan fingerprint density at radius 2 is 1.83 bits per heavy atom. The number of hydrogen-bond donors (Lipinski definition) is 1. The Morgan fingerprint density at radius 3 is 2.25 bits per heavy atom. The zero-order valence-corrected chi connectivity index (χ0v) is 8.09. The van der Waals surface area contributed by atoms with Gasteiger partial charge in [0, 0.05) is 0 Å². The molecule has 0 radical (unpaired) electrons. The van der Waals surface area contributed by atoms with Gasteiger partial charge in [-0.25, -0.2) is 0 Å². The maximum atomic E-state index is 9.08. The second-order valence-corrected chi connectivity index (χ2v) is 2.15. The van der Waals surface area contributed by atoms with Crippen LogP contribution in [-0.2, 0) is 0 Å². The van der Waals surface area contributed by atoms with Crippen LogP contribution in [0.25, 0.3) is 0 Å². The van der Waals surface area contributed by atoms with Crippen LogP contribution < -0.4 is 4.74 Å². The third-order valence-corrected chi connectivity index (χ3v) is 1.40. The minimum Gasteiger partial charge on any atom is -0.508 e. The van der Waals surface area contributed by atoms with Crippen molar-refractivity contribution in [1.82, 2.24) is 0 Å². The Kier molecular flexibility index (Phi) is 4.93. The van der Waals surface area contributed by atoms with Crippen LogP contribution in [0.2, 0.25) is 0 Å². The monoisotopic (exact) mass is 168 g/mol. The normalized spacial score (nSPS) is 8.33. The molecule has 0 atom stereocenters. The summed E-state index contributed by atoms with van der Waals surface area (Å²) >= 11 is 0. The minimum absolute atomic E-state index is 0.306. The lowest BCUT2D eigenvalue weighted by Gasteiger charge is -2.01. The predicted octanol–water partition coefficient (Wildman–Crippen LogP) is 2.74. The summed E-state index contributed by atoms with van der Waals surface area (Å²) in [4.78, 5) is 0. The molecule has 0 unspecified atom stereocenters. The Bertz CT molecular complexity index is 231. The number of rotatable bonds is 1. The molecule has 0 aliphatic rings. The Balaban J connectivity index is 0.000000561. The van der Waals surface area contributed by atoms with Crippen molar-refractivity contribution in [2.45, 2.75) is 20.8 Å². The summed E-state index contributed by atoms with van der Waals surface area (Å²) < 4.78 is 4.94. The van der Waals surface area contributed by atoms with Crippen molar-refractivity contribution in [3.05, 3.63) is 23.8 Å². The van der Waals surface area contributed by atoms with E-state index in [-0.39, 0.29) is 0 Å². The van der Waals surface area contributed by atoms with Crippen LogP contribution in [0, 0.1) is 6.92 Å². The van der Waals surface area contributed by atoms with Gasteiger partial charge in [0.1, 0.15) is 11.5 Å². The first-order valence-corrected chi connectivity index (χ1v) is 4.07. The van der Waals surface area contributed by atoms with Crippen LogP contribution in [0.1, 0.15) is 19.4 Å². The summed E-state index contributed by atoms with van der Waals surface area (Å²) in [7, 11) is 1.60. The molecular formula is C10H16O2. The van der Waals surface area contributed by atoms with Crippen molar-refractivity contribution in [1.29, 1.82) is 0 Å². The van der Waals surface area contributed by atoms with Gasteiger partial charge in [-0.15, -0.1) is 0 Å². The molecule has 12 heavy (non-hydrogen) atoms. The molecule has 0 heterocycles. The van der Waals surface area contributed by atoms with E-state index in [1.165, 1.54) is 0 Å². The molecule has 68 valence electrons. The molecule has 1 aromatic rings. The number of methoxy groups -OCH3 is 1. The SMILES string of the molecule is CC.COc1ccc(O)c(C)c1. The molecule has 0 bridgehead atoms. The maximum Gasteiger partial charge on any atom is 0.119 e. The highest BCUT2D eigenvalue weighted by atomic mass is 16.5. The zero-order valence-electron chi connectivity index (χ0n) is 8.09. The third-order valence-electron chi connectivity index (χ3n) is 1.40. The summed E-state index contributed by atoms with van der Waals surface area (Å²) in [5.74, 6) is 1.08. The van der Waals surface area contributed by atoms with Gasteiger partial charge in [0.2, 0.25) is 0 Å². The molecule has 1 N–H and O–H groups in total. The van der Waals surface area contributed by atoms with Crippen LogP contribution >= 0.6 is 0 Å². The minimum atomic E-state index is 0.306. The predicted molar refractivity (Wildman–Crippen MR) is 50.7 cm³/mol. The van der Waals surface area contributed by atoms with E-state index in [0.29, 0.717) is 5.75 Å². The average Bonchev–Trinajstić information content (AvgIpc) is 2.13. The Morgan fingerprint density at radius 1 is 1.25 bits per heavy atom. The molecule has 2 heteroatoms. The number of hydrogen-bond acceptors (Lipinski definition) is 2. The van der Waals surface area contributed by atoms with Crippen LogP contribution in [-0.4, -0.2) is 12.2 Å². The molecule has 0 amide bonds. The highest BCUT2D eigenvalue weighted by molar-refractivity contribution is 5.37. The number of benzene rings is 1. The van der Waals surface area contributed by atoms with E-state index < -0.39 is 0 Å². The van der Waals surface area contributed by atoms with Crippen LogP contribution in [0.15, 0.2) is 18.2 Å². The van der Waals surface area contributed by atoms with Crippen molar-refractivity contribution in [3.8, 4) is 11.5 Å². The summed E-state index contributed by atoms with van der Waals surface area (Å²) in [6.07, 6.45) is 0. The van der Waals surface area contributed by atoms with Gasteiger partial charge in [-0.05, 0) is 30.7 Å². The van der Waals surface area contributed by atoms with Crippen molar-refractivity contribution in [3.63, 3.8) is 0 Å². The van der Waals surface area contributed by atoms with E-state index >= 15 is 0 Å². The quantitative estimate of drug-likeness (QED) is 0.698. The van der Waals surface area contributed by atoms with Crippen molar-refractivity contribution < 1.29 is 9.84 Å². The molecule has 0 aliphatic heterocycles. The van der Waals surface area contributed by atoms with E-state index in [1.807, 2.05) is 20.8 Å². The van der Waals surface area contributed by atoms with Gasteiger partial charge in [-0.3, -0.25) is 0 Å². The summed E-state index contributed by atoms with van der Waals surface area (Å²) in [5, 5.41) is 9.08. The highest BCUT2D eigenvalue weighted by Gasteiger charge is 1.95. The Labute approximate surface area is 73.8 Å². The van der Waals surface area contributed by atoms with Crippen LogP contribution in [0.5, 0.6) is 11.5 Å². The summed E-state index contributed by atoms with van der Waals surface area (Å²) in [5.41, 5.74) is 0.833. The van der Waals surface area contributed by atoms with Gasteiger partial charge >= 0.3 is 0 Å². The standard InChI is InChI=1S/C8H10O2.C2H6/c1-6-5-7(10-2)3-4-8(6)9;1-2/h3-5,9H,1-2H3;1-2H3. The molecule has 0 fully saturated rings. The number of phenols is 1. The maximum absolute atomic E-state index is 9.08. The third kappa shape index (κ3) is 2.82. The fourth-order valence-electron chi connectivity index (χ4n) is 0.755. The number of phenolic OH excluding ortho intramolecular Hbond substituents is 1. The Hall–Kier alpha value is -1.18. The first kappa shape index (κ1) is 10.8. The highest BCUT2D eigenvalue weighted by Crippen LogP contribution is 2.20. The molecule has 0 aromatic heterocycles. The van der Waals surface area contributed by atoms with Crippen molar-refractivity contribution in [2.24, 2.45) is 0 Å². The molecule has 1 aromatic carbocycles. The van der Waals surface area contributed by atoms with Crippen molar-refractivity contribution >= 4 is 0 Å². The second-order valence-electron chi connectivity index (χ2n) is 2.15. The first-order valence-electron chi connectivity index (χ1n) is 4.07. The lowest BCUT2D eigenvalue weighted by atomic mass is 10.2. The van der Waals surface area contributed by atoms with Gasteiger partial charge in [-0.1, -0.05) is 13.8 Å². The molecule has 2 nitrogen and oxygen atoms in total. The van der Waals surface area contributed by atoms with Crippen molar-refractivity contribution in [2.75, 3.05) is 7.11 Å². The zero-order chi connectivity index (χ0) is 9.56. The lowest BCUT2D eigenvalue weighted by Crippen LogP contribution is -1.82. The largest absolute Gasteiger partial charge is 0.508 e. The lowest BCUT2D eigenvalue weighted by molar-refractivity contribution is 0.411. The number of aryl methyl sites for hydroxylation is 1. The van der Waals surface area contributed by atoms with Crippen LogP contribution in [0.4, 0.5) is 0 Å². The topological polar surface area (TPSA) is 29.5 Å². The van der Waals surface area contributed by atoms with Gasteiger partial charge in [0.25, 0.3) is 0 Å². The van der Waals surface area contributed by atoms with Gasteiger partial charge in [-0.2, -0.15) is 0 Å². The molecule has 1 rings (SSSR count). The summed E-state index contributed by atoms with van der Waals surface area (Å²) in [6, 6.07) is 5.13. The molecule has 0 aliphatic carbocycles. The van der Waals surface area contributed by atoms with Gasteiger partial charge < -0.3 is 9.84 Å². The first-order chi connectivity index (χ1) is 5.74.